The largest absolute Gasteiger partial charge is 0.381 e. The molecular formula is C27H26FN5O2S2. The van der Waals surface area contributed by atoms with Gasteiger partial charge in [0.1, 0.15) is 5.82 Å². The van der Waals surface area contributed by atoms with Crippen molar-refractivity contribution in [2.75, 3.05) is 25.1 Å². The van der Waals surface area contributed by atoms with Crippen molar-refractivity contribution >= 4 is 40.0 Å². The van der Waals surface area contributed by atoms with Gasteiger partial charge >= 0.3 is 0 Å². The molecule has 10 heteroatoms. The molecule has 3 aromatic heterocycles. The number of carbonyl (C=O) groups is 1. The topological polar surface area (TPSA) is 89.0 Å². The number of rotatable bonds is 8. The molecule has 1 aromatic carbocycles. The summed E-state index contributed by atoms with van der Waals surface area (Å²) in [5.74, 6) is -0.481. The molecule has 4 aromatic rings. The van der Waals surface area contributed by atoms with Crippen LogP contribution in [0.15, 0.2) is 76.2 Å². The van der Waals surface area contributed by atoms with Gasteiger partial charge in [0.15, 0.2) is 16.6 Å². The molecule has 0 spiro atoms. The monoisotopic (exact) mass is 535 g/mol. The van der Waals surface area contributed by atoms with Crippen LogP contribution in [0.4, 0.5) is 15.3 Å². The number of hydrogen-bond donors (Lipinski definition) is 2. The van der Waals surface area contributed by atoms with E-state index >= 15 is 4.39 Å². The molecule has 1 saturated heterocycles. The molecule has 37 heavy (non-hydrogen) atoms. The van der Waals surface area contributed by atoms with E-state index in [1.165, 1.54) is 29.3 Å². The number of aromatic nitrogens is 3. The fraction of sp³-hybridized carbons (Fsp3) is 0.259. The molecule has 0 aliphatic carbocycles. The maximum absolute atomic E-state index is 15.4. The van der Waals surface area contributed by atoms with E-state index in [0.717, 1.165) is 28.2 Å². The Morgan fingerprint density at radius 1 is 1.11 bits per heavy atom. The third-order valence-electron chi connectivity index (χ3n) is 6.34. The molecule has 0 unspecified atom stereocenters. The number of hydrogen-bond acceptors (Lipinski definition) is 8. The molecule has 0 radical (unpaired) electrons. The van der Waals surface area contributed by atoms with Crippen LogP contribution >= 0.6 is 23.1 Å². The Balaban J connectivity index is 1.27. The summed E-state index contributed by atoms with van der Waals surface area (Å²) in [4.78, 5) is 26.0. The SMILES string of the molecule is Cc1ccnc(Nc2ncc(Sc3ccnc(C(=O)NCC4(c5ccccc5)CCOCC4)c3F)s2)c1. The van der Waals surface area contributed by atoms with E-state index in [-0.39, 0.29) is 11.1 Å². The summed E-state index contributed by atoms with van der Waals surface area (Å²) in [6, 6.07) is 15.5. The van der Waals surface area contributed by atoms with Gasteiger partial charge in [-0.05, 0) is 49.1 Å². The lowest BCUT2D eigenvalue weighted by Crippen LogP contribution is -2.44. The summed E-state index contributed by atoms with van der Waals surface area (Å²) in [5, 5.41) is 6.76. The number of ether oxygens (including phenoxy) is 1. The van der Waals surface area contributed by atoms with Crippen LogP contribution in [0.1, 0.15) is 34.5 Å². The number of carbonyl (C=O) groups excluding carboxylic acids is 1. The molecule has 0 bridgehead atoms. The van der Waals surface area contributed by atoms with Crippen molar-refractivity contribution in [3.8, 4) is 0 Å². The Labute approximate surface area is 222 Å². The number of thiazole rings is 1. The highest BCUT2D eigenvalue weighted by Crippen LogP contribution is 2.37. The Hall–Kier alpha value is -3.34. The Morgan fingerprint density at radius 3 is 2.68 bits per heavy atom. The summed E-state index contributed by atoms with van der Waals surface area (Å²) in [7, 11) is 0. The molecule has 7 nitrogen and oxygen atoms in total. The quantitative estimate of drug-likeness (QED) is 0.297. The van der Waals surface area contributed by atoms with Crippen molar-refractivity contribution in [1.82, 2.24) is 20.3 Å². The molecule has 4 heterocycles. The van der Waals surface area contributed by atoms with Gasteiger partial charge in [0, 0.05) is 37.6 Å². The van der Waals surface area contributed by atoms with E-state index in [4.69, 9.17) is 4.74 Å². The van der Waals surface area contributed by atoms with Crippen LogP contribution in [0.25, 0.3) is 0 Å². The highest BCUT2D eigenvalue weighted by Gasteiger charge is 2.35. The van der Waals surface area contributed by atoms with Gasteiger partial charge in [-0.25, -0.2) is 19.3 Å². The first kappa shape index (κ1) is 25.3. The summed E-state index contributed by atoms with van der Waals surface area (Å²) >= 11 is 2.59. The molecule has 2 N–H and O–H groups in total. The smallest absolute Gasteiger partial charge is 0.273 e. The number of nitrogens with one attached hydrogen (secondary N) is 2. The molecule has 0 atom stereocenters. The van der Waals surface area contributed by atoms with Crippen molar-refractivity contribution in [3.63, 3.8) is 0 Å². The molecule has 1 aliphatic rings. The number of anilines is 2. The Kier molecular flexibility index (Phi) is 7.78. The van der Waals surface area contributed by atoms with Crippen molar-refractivity contribution in [1.29, 1.82) is 0 Å². The lowest BCUT2D eigenvalue weighted by molar-refractivity contribution is 0.0486. The Bertz CT molecular complexity index is 1380. The molecule has 0 saturated carbocycles. The number of amides is 1. The lowest BCUT2D eigenvalue weighted by atomic mass is 9.74. The first-order valence-electron chi connectivity index (χ1n) is 11.9. The van der Waals surface area contributed by atoms with Gasteiger partial charge < -0.3 is 15.4 Å². The number of pyridine rings is 2. The van der Waals surface area contributed by atoms with Gasteiger partial charge in [0.05, 0.1) is 15.3 Å². The fourth-order valence-corrected chi connectivity index (χ4v) is 6.17. The average molecular weight is 536 g/mol. The fourth-order valence-electron chi connectivity index (χ4n) is 4.30. The van der Waals surface area contributed by atoms with Crippen LogP contribution in [0.2, 0.25) is 0 Å². The first-order valence-corrected chi connectivity index (χ1v) is 13.6. The second-order valence-electron chi connectivity index (χ2n) is 8.84. The minimum atomic E-state index is -0.644. The predicted octanol–water partition coefficient (Wildman–Crippen LogP) is 5.75. The molecule has 5 rings (SSSR count). The molecule has 190 valence electrons. The van der Waals surface area contributed by atoms with E-state index in [2.05, 4.69) is 37.7 Å². The maximum Gasteiger partial charge on any atom is 0.273 e. The van der Waals surface area contributed by atoms with Crippen LogP contribution in [-0.2, 0) is 10.2 Å². The second-order valence-corrected chi connectivity index (χ2v) is 11.2. The maximum atomic E-state index is 15.4. The van der Waals surface area contributed by atoms with Crippen molar-refractivity contribution in [2.24, 2.45) is 0 Å². The average Bonchev–Trinajstić information content (AvgIpc) is 3.36. The van der Waals surface area contributed by atoms with Crippen LogP contribution in [0.5, 0.6) is 0 Å². The second kappa shape index (κ2) is 11.4. The van der Waals surface area contributed by atoms with Crippen LogP contribution in [0.3, 0.4) is 0 Å². The summed E-state index contributed by atoms with van der Waals surface area (Å²) in [5.41, 5.74) is 1.76. The number of halogens is 1. The molecular weight excluding hydrogens is 509 g/mol. The van der Waals surface area contributed by atoms with E-state index in [1.807, 2.05) is 37.3 Å². The zero-order valence-electron chi connectivity index (χ0n) is 20.2. The van der Waals surface area contributed by atoms with Gasteiger partial charge in [-0.15, -0.1) is 0 Å². The minimum absolute atomic E-state index is 0.216. The highest BCUT2D eigenvalue weighted by atomic mass is 32.2. The van der Waals surface area contributed by atoms with E-state index < -0.39 is 11.7 Å². The van der Waals surface area contributed by atoms with E-state index in [0.29, 0.717) is 35.6 Å². The third-order valence-corrected chi connectivity index (χ3v) is 8.39. The van der Waals surface area contributed by atoms with Crippen molar-refractivity contribution in [2.45, 2.75) is 34.3 Å². The summed E-state index contributed by atoms with van der Waals surface area (Å²) < 4.78 is 21.7. The Morgan fingerprint density at radius 2 is 1.89 bits per heavy atom. The summed E-state index contributed by atoms with van der Waals surface area (Å²) in [6.45, 7) is 3.61. The van der Waals surface area contributed by atoms with Crippen LogP contribution < -0.4 is 10.6 Å². The minimum Gasteiger partial charge on any atom is -0.381 e. The van der Waals surface area contributed by atoms with Gasteiger partial charge in [-0.3, -0.25) is 4.79 Å². The predicted molar refractivity (Wildman–Crippen MR) is 143 cm³/mol. The third kappa shape index (κ3) is 5.98. The number of aryl methyl sites for hydroxylation is 1. The number of benzene rings is 1. The molecule has 1 aliphatic heterocycles. The van der Waals surface area contributed by atoms with Gasteiger partial charge in [-0.2, -0.15) is 0 Å². The standard InChI is InChI=1S/C27H26FN5O2S2/c1-18-7-11-29-21(15-18)33-26-31-16-22(37-26)36-20-8-12-30-24(23(20)28)25(34)32-17-27(9-13-35-14-10-27)19-5-3-2-4-6-19/h2-8,11-12,15-16H,9-10,13-14,17H2,1H3,(H,32,34)(H,29,31,33). The van der Waals surface area contributed by atoms with Crippen LogP contribution in [0, 0.1) is 12.7 Å². The van der Waals surface area contributed by atoms with Gasteiger partial charge in [-0.1, -0.05) is 53.4 Å². The normalized spacial score (nSPS) is 14.8. The zero-order chi connectivity index (χ0) is 25.7. The molecule has 1 fully saturated rings. The summed E-state index contributed by atoms with van der Waals surface area (Å²) in [6.07, 6.45) is 6.41. The first-order chi connectivity index (χ1) is 18.0. The van der Waals surface area contributed by atoms with E-state index in [1.54, 1.807) is 18.5 Å². The zero-order valence-corrected chi connectivity index (χ0v) is 21.9. The highest BCUT2D eigenvalue weighted by molar-refractivity contribution is 8.01. The van der Waals surface area contributed by atoms with E-state index in [9.17, 15) is 4.79 Å². The van der Waals surface area contributed by atoms with Gasteiger partial charge in [0.2, 0.25) is 0 Å². The number of nitrogens with zero attached hydrogens (tertiary/aromatic N) is 3. The van der Waals surface area contributed by atoms with Crippen molar-refractivity contribution < 1.29 is 13.9 Å². The molecule has 1 amide bonds. The van der Waals surface area contributed by atoms with Crippen molar-refractivity contribution in [3.05, 3.63) is 89.8 Å². The van der Waals surface area contributed by atoms with Crippen LogP contribution in [-0.4, -0.2) is 40.6 Å². The van der Waals surface area contributed by atoms with Gasteiger partial charge in [0.25, 0.3) is 5.91 Å². The lowest BCUT2D eigenvalue weighted by Gasteiger charge is -2.38.